The lowest BCUT2D eigenvalue weighted by atomic mass is 9.91. The zero-order chi connectivity index (χ0) is 14.4. The second-order valence-corrected chi connectivity index (χ2v) is 7.08. The Bertz CT molecular complexity index is 583. The van der Waals surface area contributed by atoms with Gasteiger partial charge in [0.15, 0.2) is 0 Å². The number of aromatic nitrogens is 2. The van der Waals surface area contributed by atoms with Gasteiger partial charge in [0.1, 0.15) is 0 Å². The van der Waals surface area contributed by atoms with Crippen LogP contribution >= 0.6 is 0 Å². The van der Waals surface area contributed by atoms with Gasteiger partial charge < -0.3 is 4.40 Å². The van der Waals surface area contributed by atoms with Gasteiger partial charge in [-0.3, -0.25) is 4.98 Å². The minimum atomic E-state index is 0.0728. The highest BCUT2D eigenvalue weighted by atomic mass is 14.9. The van der Waals surface area contributed by atoms with Crippen molar-refractivity contribution in [3.05, 3.63) is 35.4 Å². The molecule has 0 unspecified atom stereocenters. The van der Waals surface area contributed by atoms with E-state index in [0.717, 1.165) is 0 Å². The maximum Gasteiger partial charge on any atom is 0.0697 e. The number of hydrogen-bond acceptors (Lipinski definition) is 1. The van der Waals surface area contributed by atoms with E-state index >= 15 is 0 Å². The van der Waals surface area contributed by atoms with Crippen LogP contribution in [0, 0.1) is 0 Å². The van der Waals surface area contributed by atoms with Crippen LogP contribution in [0.5, 0.6) is 0 Å². The van der Waals surface area contributed by atoms with Gasteiger partial charge in [0.25, 0.3) is 0 Å². The maximum absolute atomic E-state index is 4.63. The van der Waals surface area contributed by atoms with E-state index in [1.165, 1.54) is 22.5 Å². The van der Waals surface area contributed by atoms with Gasteiger partial charge in [-0.2, -0.15) is 0 Å². The molecule has 2 heteroatoms. The zero-order valence-electron chi connectivity index (χ0n) is 13.3. The van der Waals surface area contributed by atoms with Crippen molar-refractivity contribution < 1.29 is 0 Å². The van der Waals surface area contributed by atoms with E-state index in [0.29, 0.717) is 11.8 Å². The first-order chi connectivity index (χ1) is 8.73. The molecule has 0 aliphatic rings. The van der Waals surface area contributed by atoms with Gasteiger partial charge in [-0.1, -0.05) is 48.5 Å². The minimum Gasteiger partial charge on any atom is -0.317 e. The summed E-state index contributed by atoms with van der Waals surface area (Å²) in [6.45, 7) is 15.8. The summed E-state index contributed by atoms with van der Waals surface area (Å²) in [7, 11) is 0. The molecule has 0 aliphatic heterocycles. The van der Waals surface area contributed by atoms with E-state index in [2.05, 4.69) is 70.1 Å². The van der Waals surface area contributed by atoms with Gasteiger partial charge in [0.2, 0.25) is 0 Å². The van der Waals surface area contributed by atoms with E-state index < -0.39 is 0 Å². The molecule has 2 aromatic rings. The molecule has 2 nitrogen and oxygen atoms in total. The first-order valence-electron chi connectivity index (χ1n) is 7.23. The van der Waals surface area contributed by atoms with Crippen LogP contribution in [-0.2, 0) is 5.41 Å². The van der Waals surface area contributed by atoms with E-state index in [1.54, 1.807) is 0 Å². The molecule has 2 heterocycles. The third-order valence-corrected chi connectivity index (χ3v) is 3.65. The van der Waals surface area contributed by atoms with Gasteiger partial charge in [-0.25, -0.2) is 0 Å². The Balaban J connectivity index is 2.83. The summed E-state index contributed by atoms with van der Waals surface area (Å²) < 4.78 is 2.34. The van der Waals surface area contributed by atoms with E-state index in [9.17, 15) is 0 Å². The molecule has 0 aromatic carbocycles. The average Bonchev–Trinajstić information content (AvgIpc) is 2.66. The first-order valence-corrected chi connectivity index (χ1v) is 7.23. The Morgan fingerprint density at radius 1 is 1.05 bits per heavy atom. The fourth-order valence-electron chi connectivity index (χ4n) is 2.80. The highest BCUT2D eigenvalue weighted by molar-refractivity contribution is 5.60. The number of fused-ring (bicyclic) bond motifs is 1. The van der Waals surface area contributed by atoms with Gasteiger partial charge >= 0.3 is 0 Å². The Morgan fingerprint density at radius 2 is 1.68 bits per heavy atom. The molecular weight excluding hydrogens is 232 g/mol. The summed E-state index contributed by atoms with van der Waals surface area (Å²) in [5, 5.41) is 0. The van der Waals surface area contributed by atoms with Crippen LogP contribution in [-0.4, -0.2) is 9.38 Å². The molecule has 0 radical (unpaired) electrons. The van der Waals surface area contributed by atoms with Crippen LogP contribution in [0.3, 0.4) is 0 Å². The summed E-state index contributed by atoms with van der Waals surface area (Å²) in [4.78, 5) is 4.63. The molecule has 104 valence electrons. The second-order valence-electron chi connectivity index (χ2n) is 7.08. The van der Waals surface area contributed by atoms with Crippen molar-refractivity contribution in [3.8, 4) is 0 Å². The number of nitrogens with zero attached hydrogens (tertiary/aromatic N) is 2. The molecule has 2 aromatic heterocycles. The van der Waals surface area contributed by atoms with Crippen molar-refractivity contribution in [2.24, 2.45) is 0 Å². The van der Waals surface area contributed by atoms with Crippen molar-refractivity contribution in [3.63, 3.8) is 0 Å². The van der Waals surface area contributed by atoms with E-state index in [1.807, 2.05) is 6.20 Å². The molecule has 0 bridgehead atoms. The molecular formula is C17H26N2. The molecule has 0 atom stereocenters. The lowest BCUT2D eigenvalue weighted by molar-refractivity contribution is 0.571. The third kappa shape index (κ3) is 2.41. The second kappa shape index (κ2) is 4.66. The van der Waals surface area contributed by atoms with Crippen LogP contribution in [0.25, 0.3) is 5.52 Å². The summed E-state index contributed by atoms with van der Waals surface area (Å²) in [6.07, 6.45) is 4.04. The fourth-order valence-corrected chi connectivity index (χ4v) is 2.80. The van der Waals surface area contributed by atoms with Crippen molar-refractivity contribution in [2.75, 3.05) is 0 Å². The Morgan fingerprint density at radius 3 is 2.16 bits per heavy atom. The van der Waals surface area contributed by atoms with Crippen LogP contribution < -0.4 is 0 Å². The van der Waals surface area contributed by atoms with Gasteiger partial charge in [0.05, 0.1) is 11.2 Å². The smallest absolute Gasteiger partial charge is 0.0697 e. The summed E-state index contributed by atoms with van der Waals surface area (Å²) in [6, 6.07) is 2.34. The van der Waals surface area contributed by atoms with Crippen LogP contribution in [0.1, 0.15) is 77.3 Å². The predicted octanol–water partition coefficient (Wildman–Crippen LogP) is 4.88. The molecule has 2 rings (SSSR count). The van der Waals surface area contributed by atoms with Gasteiger partial charge in [0, 0.05) is 23.5 Å². The van der Waals surface area contributed by atoms with Crippen molar-refractivity contribution in [2.45, 2.75) is 65.7 Å². The quantitative estimate of drug-likeness (QED) is 0.750. The Kier molecular flexibility index (Phi) is 3.46. The lowest BCUT2D eigenvalue weighted by Crippen LogP contribution is -2.15. The molecule has 19 heavy (non-hydrogen) atoms. The standard InChI is InChI=1S/C17H26N2/c1-11(2)13-10-14-16(17(5,6)7)18-8-9-19(14)15(13)12(3)4/h8-12H,1-7H3. The van der Waals surface area contributed by atoms with Crippen molar-refractivity contribution in [1.29, 1.82) is 0 Å². The number of hydrogen-bond donors (Lipinski definition) is 0. The summed E-state index contributed by atoms with van der Waals surface area (Å²) in [5.41, 5.74) is 5.40. The van der Waals surface area contributed by atoms with Crippen LogP contribution in [0.2, 0.25) is 0 Å². The normalized spacial score (nSPS) is 12.9. The monoisotopic (exact) mass is 258 g/mol. The molecule has 0 fully saturated rings. The Hall–Kier alpha value is -1.31. The zero-order valence-corrected chi connectivity index (χ0v) is 13.3. The molecule has 0 amide bonds. The first kappa shape index (κ1) is 14.1. The Labute approximate surface area is 116 Å². The molecule has 0 saturated heterocycles. The number of rotatable bonds is 2. The average molecular weight is 258 g/mol. The van der Waals surface area contributed by atoms with Crippen LogP contribution in [0.4, 0.5) is 0 Å². The summed E-state index contributed by atoms with van der Waals surface area (Å²) >= 11 is 0. The van der Waals surface area contributed by atoms with Crippen molar-refractivity contribution in [1.82, 2.24) is 9.38 Å². The van der Waals surface area contributed by atoms with Gasteiger partial charge in [-0.15, -0.1) is 0 Å². The van der Waals surface area contributed by atoms with Crippen LogP contribution in [0.15, 0.2) is 18.5 Å². The SMILES string of the molecule is CC(C)c1cc2c(C(C)(C)C)nccn2c1C(C)C. The molecule has 0 aliphatic carbocycles. The maximum atomic E-state index is 4.63. The third-order valence-electron chi connectivity index (χ3n) is 3.65. The highest BCUT2D eigenvalue weighted by Gasteiger charge is 2.23. The topological polar surface area (TPSA) is 17.3 Å². The largest absolute Gasteiger partial charge is 0.317 e. The molecule has 0 N–H and O–H groups in total. The van der Waals surface area contributed by atoms with E-state index in [-0.39, 0.29) is 5.41 Å². The fraction of sp³-hybridized carbons (Fsp3) is 0.588. The minimum absolute atomic E-state index is 0.0728. The van der Waals surface area contributed by atoms with Gasteiger partial charge in [-0.05, 0) is 23.5 Å². The molecule has 0 spiro atoms. The van der Waals surface area contributed by atoms with E-state index in [4.69, 9.17) is 0 Å². The lowest BCUT2D eigenvalue weighted by Gasteiger charge is -2.19. The molecule has 0 saturated carbocycles. The highest BCUT2D eigenvalue weighted by Crippen LogP contribution is 2.33. The predicted molar refractivity (Wildman–Crippen MR) is 82.1 cm³/mol. The summed E-state index contributed by atoms with van der Waals surface area (Å²) in [5.74, 6) is 1.07. The van der Waals surface area contributed by atoms with Crippen molar-refractivity contribution >= 4 is 5.52 Å².